The molecule has 0 aliphatic heterocycles. The van der Waals surface area contributed by atoms with Crippen molar-refractivity contribution in [2.45, 2.75) is 72.0 Å². The average Bonchev–Trinajstić information content (AvgIpc) is 2.80. The summed E-state index contributed by atoms with van der Waals surface area (Å²) in [5.41, 5.74) is 4.82. The Kier molecular flexibility index (Phi) is 8.47. The molecule has 6 nitrogen and oxygen atoms in total. The molecule has 2 aromatic rings. The Bertz CT molecular complexity index is 1100. The van der Waals surface area contributed by atoms with E-state index >= 15 is 0 Å². The normalized spacial score (nSPS) is 18.3. The monoisotopic (exact) mass is 486 g/mol. The van der Waals surface area contributed by atoms with E-state index in [4.69, 9.17) is 11.6 Å². The van der Waals surface area contributed by atoms with Gasteiger partial charge in [0.2, 0.25) is 0 Å². The van der Waals surface area contributed by atoms with Crippen LogP contribution >= 0.6 is 11.6 Å². The summed E-state index contributed by atoms with van der Waals surface area (Å²) in [6.45, 7) is 9.00. The van der Waals surface area contributed by atoms with Gasteiger partial charge in [-0.2, -0.15) is 0 Å². The third kappa shape index (κ3) is 5.49. The van der Waals surface area contributed by atoms with Crippen LogP contribution in [0.5, 0.6) is 0 Å². The number of halogens is 1. The minimum Gasteiger partial charge on any atom is -0.369 e. The van der Waals surface area contributed by atoms with Crippen molar-refractivity contribution in [3.05, 3.63) is 61.5 Å². The number of hydrogen-bond acceptors (Lipinski definition) is 4. The van der Waals surface area contributed by atoms with Gasteiger partial charge < -0.3 is 19.7 Å². The fourth-order valence-electron chi connectivity index (χ4n) is 5.21. The second kappa shape index (κ2) is 11.0. The van der Waals surface area contributed by atoms with Crippen molar-refractivity contribution in [3.63, 3.8) is 0 Å². The Morgan fingerprint density at radius 3 is 2.29 bits per heavy atom. The second-order valence-corrected chi connectivity index (χ2v) is 10.2. The van der Waals surface area contributed by atoms with Crippen LogP contribution in [0.15, 0.2) is 23.0 Å². The van der Waals surface area contributed by atoms with E-state index in [1.165, 1.54) is 12.8 Å². The van der Waals surface area contributed by atoms with E-state index in [-0.39, 0.29) is 17.9 Å². The van der Waals surface area contributed by atoms with Crippen LogP contribution < -0.4 is 15.6 Å². The molecule has 0 saturated heterocycles. The lowest BCUT2D eigenvalue weighted by molar-refractivity contribution is 0.0950. The lowest BCUT2D eigenvalue weighted by Crippen LogP contribution is -2.42. The molecule has 186 valence electrons. The number of nitrogens with zero attached hydrogens (tertiary/aromatic N) is 3. The molecule has 1 amide bonds. The van der Waals surface area contributed by atoms with Crippen molar-refractivity contribution in [3.8, 4) is 0 Å². The van der Waals surface area contributed by atoms with Crippen LogP contribution in [-0.4, -0.2) is 48.1 Å². The molecule has 0 atom stereocenters. The Balaban J connectivity index is 1.83. The Morgan fingerprint density at radius 1 is 1.09 bits per heavy atom. The van der Waals surface area contributed by atoms with Gasteiger partial charge in [-0.25, -0.2) is 0 Å². The zero-order valence-corrected chi connectivity index (χ0v) is 22.4. The molecule has 0 bridgehead atoms. The minimum absolute atomic E-state index is 0.0533. The van der Waals surface area contributed by atoms with Crippen molar-refractivity contribution in [2.75, 3.05) is 25.5 Å². The number of anilines is 1. The Hall–Kier alpha value is -2.31. The maximum atomic E-state index is 13.2. The smallest absolute Gasteiger partial charge is 0.251 e. The van der Waals surface area contributed by atoms with E-state index in [1.54, 1.807) is 12.1 Å². The quantitative estimate of drug-likeness (QED) is 0.621. The van der Waals surface area contributed by atoms with Gasteiger partial charge in [0.05, 0.1) is 0 Å². The molecular formula is C27H39ClN4O2. The van der Waals surface area contributed by atoms with Crippen LogP contribution in [0.2, 0.25) is 5.02 Å². The summed E-state index contributed by atoms with van der Waals surface area (Å²) < 4.78 is 1.97. The number of amides is 1. The lowest BCUT2D eigenvalue weighted by Gasteiger charge is -2.40. The van der Waals surface area contributed by atoms with E-state index in [9.17, 15) is 9.59 Å². The topological polar surface area (TPSA) is 57.6 Å². The maximum Gasteiger partial charge on any atom is 0.251 e. The number of aromatic nitrogens is 1. The van der Waals surface area contributed by atoms with E-state index in [0.29, 0.717) is 28.2 Å². The number of aryl methyl sites for hydroxylation is 1. The molecule has 7 heteroatoms. The molecule has 1 aromatic carbocycles. The summed E-state index contributed by atoms with van der Waals surface area (Å²) in [6.07, 6.45) is 4.60. The van der Waals surface area contributed by atoms with Gasteiger partial charge >= 0.3 is 0 Å². The van der Waals surface area contributed by atoms with Crippen LogP contribution in [0.25, 0.3) is 0 Å². The molecule has 34 heavy (non-hydrogen) atoms. The molecule has 1 N–H and O–H groups in total. The van der Waals surface area contributed by atoms with Crippen LogP contribution in [0.4, 0.5) is 5.69 Å². The van der Waals surface area contributed by atoms with Crippen LogP contribution in [-0.2, 0) is 13.6 Å². The van der Waals surface area contributed by atoms with Gasteiger partial charge in [0.25, 0.3) is 5.91 Å². The highest BCUT2D eigenvalue weighted by molar-refractivity contribution is 6.31. The Labute approximate surface area is 208 Å². The SMILES string of the molecule is CCN(c1cc(Cl)cc(C(=O)NCc2c(C)n(C)c(C)cc2=O)c1C)[C@H]1CC[C@H](N(C)C)CC1. The fraction of sp³-hybridized carbons (Fsp3) is 0.556. The highest BCUT2D eigenvalue weighted by Crippen LogP contribution is 2.34. The average molecular weight is 487 g/mol. The van der Waals surface area contributed by atoms with Gasteiger partial charge in [0.1, 0.15) is 0 Å². The summed E-state index contributed by atoms with van der Waals surface area (Å²) in [4.78, 5) is 30.5. The summed E-state index contributed by atoms with van der Waals surface area (Å²) in [5.74, 6) is -0.212. The number of carbonyl (C=O) groups is 1. The van der Waals surface area contributed by atoms with Gasteiger partial charge in [-0.05, 0) is 85.2 Å². The molecule has 0 radical (unpaired) electrons. The first-order valence-electron chi connectivity index (χ1n) is 12.2. The zero-order chi connectivity index (χ0) is 25.2. The van der Waals surface area contributed by atoms with Gasteiger partial charge in [-0.15, -0.1) is 0 Å². The summed E-state index contributed by atoms with van der Waals surface area (Å²) in [5, 5.41) is 3.51. The second-order valence-electron chi connectivity index (χ2n) is 9.77. The molecule has 1 saturated carbocycles. The number of benzene rings is 1. The zero-order valence-electron chi connectivity index (χ0n) is 21.7. The van der Waals surface area contributed by atoms with Gasteiger partial charge in [0, 0.05) is 71.5 Å². The van der Waals surface area contributed by atoms with E-state index in [1.807, 2.05) is 38.5 Å². The number of nitrogens with one attached hydrogen (secondary N) is 1. The first-order valence-corrected chi connectivity index (χ1v) is 12.6. The number of carbonyl (C=O) groups excluding carboxylic acids is 1. The van der Waals surface area contributed by atoms with E-state index in [2.05, 4.69) is 36.1 Å². The maximum absolute atomic E-state index is 13.2. The molecule has 1 aromatic heterocycles. The molecule has 0 unspecified atom stereocenters. The molecule has 1 aliphatic carbocycles. The molecule has 1 heterocycles. The van der Waals surface area contributed by atoms with E-state index in [0.717, 1.165) is 42.0 Å². The Morgan fingerprint density at radius 2 is 1.71 bits per heavy atom. The minimum atomic E-state index is -0.212. The molecule has 1 aliphatic rings. The molecule has 0 spiro atoms. The first kappa shape index (κ1) is 26.3. The third-order valence-electron chi connectivity index (χ3n) is 7.61. The summed E-state index contributed by atoms with van der Waals surface area (Å²) >= 11 is 6.51. The summed E-state index contributed by atoms with van der Waals surface area (Å²) in [7, 11) is 6.24. The van der Waals surface area contributed by atoms with Crippen molar-refractivity contribution in [1.29, 1.82) is 0 Å². The van der Waals surface area contributed by atoms with Gasteiger partial charge in [0.15, 0.2) is 5.43 Å². The predicted molar refractivity (Wildman–Crippen MR) is 141 cm³/mol. The van der Waals surface area contributed by atoms with Gasteiger partial charge in [-0.1, -0.05) is 11.6 Å². The van der Waals surface area contributed by atoms with Crippen molar-refractivity contribution >= 4 is 23.2 Å². The standard InChI is InChI=1S/C27H39ClN4O2/c1-8-32(22-11-9-21(10-12-22)30(5)6)25-15-20(28)14-23(18(25)3)27(34)29-16-24-19(4)31(7)17(2)13-26(24)33/h13-15,21-22H,8-12,16H2,1-7H3,(H,29,34)/t21-,22-. The van der Waals surface area contributed by atoms with Crippen LogP contribution in [0, 0.1) is 20.8 Å². The van der Waals surface area contributed by atoms with Gasteiger partial charge in [-0.3, -0.25) is 9.59 Å². The number of hydrogen-bond donors (Lipinski definition) is 1. The van der Waals surface area contributed by atoms with Crippen molar-refractivity contribution in [1.82, 2.24) is 14.8 Å². The largest absolute Gasteiger partial charge is 0.369 e. The third-order valence-corrected chi connectivity index (χ3v) is 7.83. The molecule has 3 rings (SSSR count). The first-order chi connectivity index (χ1) is 16.0. The van der Waals surface area contributed by atoms with Crippen LogP contribution in [0.1, 0.15) is 65.5 Å². The number of pyridine rings is 1. The molecule has 1 fully saturated rings. The number of rotatable bonds is 7. The summed E-state index contributed by atoms with van der Waals surface area (Å²) in [6, 6.07) is 6.39. The fourth-order valence-corrected chi connectivity index (χ4v) is 5.42. The van der Waals surface area contributed by atoms with Crippen LogP contribution in [0.3, 0.4) is 0 Å². The van der Waals surface area contributed by atoms with E-state index < -0.39 is 0 Å². The van der Waals surface area contributed by atoms with Crippen molar-refractivity contribution < 1.29 is 4.79 Å². The van der Waals surface area contributed by atoms with Crippen molar-refractivity contribution in [2.24, 2.45) is 7.05 Å². The molecular weight excluding hydrogens is 448 g/mol. The highest BCUT2D eigenvalue weighted by atomic mass is 35.5. The lowest BCUT2D eigenvalue weighted by atomic mass is 9.89. The highest BCUT2D eigenvalue weighted by Gasteiger charge is 2.28. The predicted octanol–water partition coefficient (Wildman–Crippen LogP) is 4.59.